The highest BCUT2D eigenvalue weighted by atomic mass is 15.0. The lowest BCUT2D eigenvalue weighted by molar-refractivity contribution is 0.399. The number of nitrogens with one attached hydrogen (secondary N) is 2. The van der Waals surface area contributed by atoms with Gasteiger partial charge in [-0.05, 0) is 45.4 Å². The molecular formula is C16H21N3. The lowest BCUT2D eigenvalue weighted by Crippen LogP contribution is -2.27. The maximum Gasteiger partial charge on any atom is 0.123 e. The van der Waals surface area contributed by atoms with E-state index in [0.717, 1.165) is 18.1 Å². The van der Waals surface area contributed by atoms with Crippen LogP contribution in [0.4, 0.5) is 0 Å². The first kappa shape index (κ1) is 12.4. The van der Waals surface area contributed by atoms with Crippen molar-refractivity contribution in [2.75, 3.05) is 6.54 Å². The van der Waals surface area contributed by atoms with E-state index in [1.54, 1.807) is 0 Å². The van der Waals surface area contributed by atoms with E-state index in [2.05, 4.69) is 47.3 Å². The van der Waals surface area contributed by atoms with Gasteiger partial charge in [-0.15, -0.1) is 0 Å². The molecule has 3 rings (SSSR count). The molecule has 1 unspecified atom stereocenters. The molecule has 2 aromatic rings. The molecule has 1 aliphatic heterocycles. The number of H-pyrrole nitrogens is 1. The van der Waals surface area contributed by atoms with Crippen LogP contribution in [0.25, 0.3) is 11.3 Å². The van der Waals surface area contributed by atoms with Crippen molar-refractivity contribution >= 4 is 0 Å². The lowest BCUT2D eigenvalue weighted by Gasteiger charge is -2.21. The number of hydrogen-bond donors (Lipinski definition) is 2. The standard InChI is InChI=1S/C16H21N3/c1-11-7-12(2)9-13(8-11)15-10-18-16(19-15)14-5-3-4-6-17-14/h7-10,14,17H,3-6H2,1-2H3,(H,18,19). The molecule has 0 spiro atoms. The molecular weight excluding hydrogens is 234 g/mol. The van der Waals surface area contributed by atoms with Crippen LogP contribution in [0.15, 0.2) is 24.4 Å². The van der Waals surface area contributed by atoms with Crippen LogP contribution in [0.5, 0.6) is 0 Å². The molecule has 0 amide bonds. The third kappa shape index (κ3) is 2.71. The first-order chi connectivity index (χ1) is 9.22. The van der Waals surface area contributed by atoms with Crippen LogP contribution in [-0.2, 0) is 0 Å². The Morgan fingerprint density at radius 3 is 2.58 bits per heavy atom. The summed E-state index contributed by atoms with van der Waals surface area (Å²) in [4.78, 5) is 8.04. The van der Waals surface area contributed by atoms with Crippen molar-refractivity contribution in [1.29, 1.82) is 0 Å². The molecule has 2 heterocycles. The molecule has 3 nitrogen and oxygen atoms in total. The van der Waals surface area contributed by atoms with Gasteiger partial charge in [0.25, 0.3) is 0 Å². The predicted molar refractivity (Wildman–Crippen MR) is 78.1 cm³/mol. The number of benzene rings is 1. The summed E-state index contributed by atoms with van der Waals surface area (Å²) >= 11 is 0. The molecule has 1 fully saturated rings. The lowest BCUT2D eigenvalue weighted by atomic mass is 10.0. The van der Waals surface area contributed by atoms with E-state index < -0.39 is 0 Å². The third-order valence-electron chi connectivity index (χ3n) is 3.77. The summed E-state index contributed by atoms with van der Waals surface area (Å²) in [7, 11) is 0. The minimum absolute atomic E-state index is 0.397. The second-order valence-electron chi connectivity index (χ2n) is 5.56. The summed E-state index contributed by atoms with van der Waals surface area (Å²) in [5.41, 5.74) is 4.94. The number of nitrogens with zero attached hydrogens (tertiary/aromatic N) is 1. The van der Waals surface area contributed by atoms with Gasteiger partial charge in [-0.1, -0.05) is 23.6 Å². The van der Waals surface area contributed by atoms with E-state index in [-0.39, 0.29) is 0 Å². The molecule has 0 saturated carbocycles. The Hall–Kier alpha value is -1.61. The summed E-state index contributed by atoms with van der Waals surface area (Å²) in [5.74, 6) is 1.08. The molecule has 100 valence electrons. The molecule has 1 aromatic heterocycles. The van der Waals surface area contributed by atoms with Crippen molar-refractivity contribution in [2.24, 2.45) is 0 Å². The highest BCUT2D eigenvalue weighted by Gasteiger charge is 2.17. The third-order valence-corrected chi connectivity index (χ3v) is 3.77. The van der Waals surface area contributed by atoms with Gasteiger partial charge in [-0.2, -0.15) is 0 Å². The summed E-state index contributed by atoms with van der Waals surface area (Å²) in [6.45, 7) is 5.37. The second kappa shape index (κ2) is 5.17. The number of rotatable bonds is 2. The quantitative estimate of drug-likeness (QED) is 0.862. The van der Waals surface area contributed by atoms with Gasteiger partial charge in [0.1, 0.15) is 5.82 Å². The van der Waals surface area contributed by atoms with Gasteiger partial charge in [-0.3, -0.25) is 0 Å². The Morgan fingerprint density at radius 2 is 1.89 bits per heavy atom. The second-order valence-corrected chi connectivity index (χ2v) is 5.56. The van der Waals surface area contributed by atoms with E-state index in [1.807, 2.05) is 6.20 Å². The van der Waals surface area contributed by atoms with Crippen molar-refractivity contribution in [3.63, 3.8) is 0 Å². The minimum atomic E-state index is 0.397. The molecule has 1 aromatic carbocycles. The first-order valence-electron chi connectivity index (χ1n) is 7.09. The minimum Gasteiger partial charge on any atom is -0.341 e. The van der Waals surface area contributed by atoms with Gasteiger partial charge < -0.3 is 10.3 Å². The SMILES string of the molecule is Cc1cc(C)cc(-c2cnc(C3CCCCN3)[nH]2)c1. The van der Waals surface area contributed by atoms with Crippen LogP contribution in [-0.4, -0.2) is 16.5 Å². The van der Waals surface area contributed by atoms with Gasteiger partial charge in [0.05, 0.1) is 17.9 Å². The molecule has 0 bridgehead atoms. The molecule has 1 saturated heterocycles. The fourth-order valence-corrected chi connectivity index (χ4v) is 2.88. The number of hydrogen-bond acceptors (Lipinski definition) is 2. The summed E-state index contributed by atoms with van der Waals surface area (Å²) in [5, 5.41) is 3.53. The Labute approximate surface area is 114 Å². The number of aromatic amines is 1. The van der Waals surface area contributed by atoms with Crippen molar-refractivity contribution in [1.82, 2.24) is 15.3 Å². The Kier molecular flexibility index (Phi) is 3.38. The maximum absolute atomic E-state index is 4.56. The largest absolute Gasteiger partial charge is 0.341 e. The Bertz CT molecular complexity index is 545. The van der Waals surface area contributed by atoms with E-state index in [1.165, 1.54) is 36.0 Å². The van der Waals surface area contributed by atoms with Gasteiger partial charge in [-0.25, -0.2) is 4.98 Å². The summed E-state index contributed by atoms with van der Waals surface area (Å²) in [6, 6.07) is 7.01. The molecule has 2 N–H and O–H groups in total. The van der Waals surface area contributed by atoms with Gasteiger partial charge >= 0.3 is 0 Å². The number of piperidine rings is 1. The monoisotopic (exact) mass is 255 g/mol. The predicted octanol–water partition coefficient (Wildman–Crippen LogP) is 3.51. The number of aromatic nitrogens is 2. The topological polar surface area (TPSA) is 40.7 Å². The zero-order chi connectivity index (χ0) is 13.2. The Morgan fingerprint density at radius 1 is 1.11 bits per heavy atom. The van der Waals surface area contributed by atoms with Crippen LogP contribution in [0.2, 0.25) is 0 Å². The molecule has 3 heteroatoms. The first-order valence-corrected chi connectivity index (χ1v) is 7.09. The number of imidazole rings is 1. The number of aryl methyl sites for hydroxylation is 2. The zero-order valence-corrected chi connectivity index (χ0v) is 11.7. The van der Waals surface area contributed by atoms with E-state index in [0.29, 0.717) is 6.04 Å². The normalized spacial score (nSPS) is 19.6. The summed E-state index contributed by atoms with van der Waals surface area (Å²) < 4.78 is 0. The van der Waals surface area contributed by atoms with E-state index in [9.17, 15) is 0 Å². The fourth-order valence-electron chi connectivity index (χ4n) is 2.88. The van der Waals surface area contributed by atoms with E-state index in [4.69, 9.17) is 0 Å². The van der Waals surface area contributed by atoms with Crippen LogP contribution in [0.3, 0.4) is 0 Å². The average Bonchev–Trinajstić information content (AvgIpc) is 2.88. The molecule has 0 radical (unpaired) electrons. The van der Waals surface area contributed by atoms with Gasteiger partial charge in [0.15, 0.2) is 0 Å². The maximum atomic E-state index is 4.56. The smallest absolute Gasteiger partial charge is 0.123 e. The van der Waals surface area contributed by atoms with E-state index >= 15 is 0 Å². The molecule has 0 aliphatic carbocycles. The van der Waals surface area contributed by atoms with Crippen molar-refractivity contribution in [3.8, 4) is 11.3 Å². The van der Waals surface area contributed by atoms with Gasteiger partial charge in [0, 0.05) is 5.56 Å². The highest BCUT2D eigenvalue weighted by Crippen LogP contribution is 2.25. The summed E-state index contributed by atoms with van der Waals surface area (Å²) in [6.07, 6.45) is 5.71. The average molecular weight is 255 g/mol. The highest BCUT2D eigenvalue weighted by molar-refractivity contribution is 5.60. The van der Waals surface area contributed by atoms with Gasteiger partial charge in [0.2, 0.25) is 0 Å². The van der Waals surface area contributed by atoms with Crippen molar-refractivity contribution < 1.29 is 0 Å². The van der Waals surface area contributed by atoms with Crippen molar-refractivity contribution in [3.05, 3.63) is 41.3 Å². The molecule has 19 heavy (non-hydrogen) atoms. The van der Waals surface area contributed by atoms with Crippen LogP contribution >= 0.6 is 0 Å². The van der Waals surface area contributed by atoms with Crippen LogP contribution in [0.1, 0.15) is 42.3 Å². The Balaban J connectivity index is 1.87. The van der Waals surface area contributed by atoms with Crippen LogP contribution in [0, 0.1) is 13.8 Å². The van der Waals surface area contributed by atoms with Crippen LogP contribution < -0.4 is 5.32 Å². The van der Waals surface area contributed by atoms with Crippen molar-refractivity contribution in [2.45, 2.75) is 39.2 Å². The fraction of sp³-hybridized carbons (Fsp3) is 0.438. The molecule has 1 atom stereocenters. The molecule has 1 aliphatic rings. The zero-order valence-electron chi connectivity index (χ0n) is 11.7.